The quantitative estimate of drug-likeness (QED) is 0.253. The molecule has 0 unspecified atom stereocenters. The van der Waals surface area contributed by atoms with Crippen LogP contribution >= 0.6 is 0 Å². The number of alkyl halides is 1. The van der Waals surface area contributed by atoms with Crippen LogP contribution in [0.4, 0.5) is 4.39 Å². The van der Waals surface area contributed by atoms with Gasteiger partial charge in [0.2, 0.25) is 0 Å². The maximum atomic E-state index is 13.2. The third-order valence-corrected chi connectivity index (χ3v) is 2.16. The van der Waals surface area contributed by atoms with E-state index in [2.05, 4.69) is 0 Å². The van der Waals surface area contributed by atoms with Gasteiger partial charge in [-0.25, -0.2) is 0 Å². The highest BCUT2D eigenvalue weighted by Gasteiger charge is 2.59. The number of halogens is 1. The zero-order valence-corrected chi connectivity index (χ0v) is 9.35. The Balaban J connectivity index is 4.84. The third-order valence-electron chi connectivity index (χ3n) is 2.16. The molecule has 0 rings (SSSR count). The average Bonchev–Trinajstić information content (AvgIpc) is 2.27. The van der Waals surface area contributed by atoms with Gasteiger partial charge in [-0.05, 0) is 0 Å². The van der Waals surface area contributed by atoms with Gasteiger partial charge in [-0.2, -0.15) is 0 Å². The molecule has 19 heavy (non-hydrogen) atoms. The first kappa shape index (κ1) is 16.5. The number of nitrogens with zero attached hydrogens (tertiary/aromatic N) is 4. The summed E-state index contributed by atoms with van der Waals surface area (Å²) in [5, 5.41) is 42.9. The highest BCUT2D eigenvalue weighted by atomic mass is 19.2. The SMILES string of the molecule is CC(CNCC(F)([N+](=O)[O-])[N+](=O)[O-])([N+](=O)[O-])[N+](=O)[O-]. The molecule has 0 aliphatic rings. The van der Waals surface area contributed by atoms with E-state index < -0.39 is 44.4 Å². The molecule has 108 valence electrons. The molecule has 1 N–H and O–H groups in total. The number of hydrogen-bond donors (Lipinski definition) is 1. The minimum absolute atomic E-state index is 0.568. The molecule has 0 heterocycles. The normalized spacial score (nSPS) is 11.9. The first-order chi connectivity index (χ1) is 8.48. The van der Waals surface area contributed by atoms with E-state index >= 15 is 0 Å². The lowest BCUT2D eigenvalue weighted by Gasteiger charge is -2.14. The van der Waals surface area contributed by atoms with Gasteiger partial charge in [-0.1, -0.05) is 4.39 Å². The van der Waals surface area contributed by atoms with Gasteiger partial charge < -0.3 is 0 Å². The molecule has 0 radical (unpaired) electrons. The molecular formula is C5H8FN5O8. The summed E-state index contributed by atoms with van der Waals surface area (Å²) in [5.74, 6) is -4.12. The van der Waals surface area contributed by atoms with Crippen LogP contribution < -0.4 is 5.32 Å². The van der Waals surface area contributed by atoms with E-state index in [1.165, 1.54) is 0 Å². The van der Waals surface area contributed by atoms with Crippen molar-refractivity contribution >= 4 is 0 Å². The van der Waals surface area contributed by atoms with E-state index in [9.17, 15) is 44.8 Å². The van der Waals surface area contributed by atoms with Crippen LogP contribution in [0, 0.1) is 40.5 Å². The molecule has 0 spiro atoms. The zero-order valence-electron chi connectivity index (χ0n) is 9.35. The first-order valence-electron chi connectivity index (χ1n) is 4.46. The van der Waals surface area contributed by atoms with Crippen LogP contribution in [-0.4, -0.2) is 44.4 Å². The van der Waals surface area contributed by atoms with Crippen molar-refractivity contribution in [2.24, 2.45) is 0 Å². The van der Waals surface area contributed by atoms with Gasteiger partial charge in [-0.3, -0.25) is 45.8 Å². The summed E-state index contributed by atoms with van der Waals surface area (Å²) in [6.45, 7) is -2.11. The maximum absolute atomic E-state index is 13.2. The fourth-order valence-corrected chi connectivity index (χ4v) is 0.850. The van der Waals surface area contributed by atoms with Crippen LogP contribution in [0.5, 0.6) is 0 Å². The van der Waals surface area contributed by atoms with Gasteiger partial charge in [0, 0.05) is 0 Å². The molecule has 0 atom stereocenters. The van der Waals surface area contributed by atoms with Crippen molar-refractivity contribution in [3.8, 4) is 0 Å². The summed E-state index contributed by atoms with van der Waals surface area (Å²) in [4.78, 5) is 34.9. The molecule has 14 heteroatoms. The van der Waals surface area contributed by atoms with Gasteiger partial charge in [-0.15, -0.1) is 0 Å². The van der Waals surface area contributed by atoms with E-state index in [-0.39, 0.29) is 0 Å². The van der Waals surface area contributed by atoms with Crippen molar-refractivity contribution < 1.29 is 24.1 Å². The maximum Gasteiger partial charge on any atom is 0.626 e. The largest absolute Gasteiger partial charge is 0.626 e. The molecule has 0 aliphatic carbocycles. The van der Waals surface area contributed by atoms with Crippen LogP contribution in [0.1, 0.15) is 6.92 Å². The number of nitro groups is 4. The molecule has 0 aromatic rings. The van der Waals surface area contributed by atoms with Gasteiger partial charge in [0.15, 0.2) is 6.54 Å². The minimum atomic E-state index is -4.12. The number of hydrogen-bond acceptors (Lipinski definition) is 9. The molecular weight excluding hydrogens is 277 g/mol. The van der Waals surface area contributed by atoms with Crippen LogP contribution in [0.15, 0.2) is 0 Å². The Labute approximate surface area is 103 Å². The summed E-state index contributed by atoms with van der Waals surface area (Å²) in [7, 11) is 0. The Kier molecular flexibility index (Phi) is 4.71. The Morgan fingerprint density at radius 2 is 1.26 bits per heavy atom. The van der Waals surface area contributed by atoms with Crippen molar-refractivity contribution in [1.82, 2.24) is 5.32 Å². The second-order valence-corrected chi connectivity index (χ2v) is 3.57. The summed E-state index contributed by atoms with van der Waals surface area (Å²) < 4.78 is 13.2. The molecule has 0 bridgehead atoms. The van der Waals surface area contributed by atoms with E-state index in [1.54, 1.807) is 5.32 Å². The number of nitrogens with one attached hydrogen (secondary N) is 1. The summed E-state index contributed by atoms with van der Waals surface area (Å²) in [5.41, 5.74) is -2.78. The minimum Gasteiger partial charge on any atom is -0.288 e. The fraction of sp³-hybridized carbons (Fsp3) is 1.00. The standard InChI is InChI=1S/C5H8FN5O8/c1-4(8(12)13,9(14)15)2-7-3-5(6,10(16)17)11(18)19/h7H,2-3H2,1H3. The Hall–Kier alpha value is -2.51. The third kappa shape index (κ3) is 3.24. The van der Waals surface area contributed by atoms with Crippen molar-refractivity contribution in [2.45, 2.75) is 18.5 Å². The monoisotopic (exact) mass is 285 g/mol. The van der Waals surface area contributed by atoms with Crippen molar-refractivity contribution in [3.05, 3.63) is 40.5 Å². The van der Waals surface area contributed by atoms with Gasteiger partial charge in [0.25, 0.3) is 0 Å². The van der Waals surface area contributed by atoms with Crippen molar-refractivity contribution in [1.29, 1.82) is 0 Å². The predicted molar refractivity (Wildman–Crippen MR) is 53.1 cm³/mol. The van der Waals surface area contributed by atoms with E-state index in [0.717, 1.165) is 0 Å². The Morgan fingerprint density at radius 3 is 1.53 bits per heavy atom. The molecule has 0 aromatic carbocycles. The average molecular weight is 285 g/mol. The zero-order chi connectivity index (χ0) is 15.4. The molecule has 0 saturated carbocycles. The summed E-state index contributed by atoms with van der Waals surface area (Å²) in [6.07, 6.45) is 0. The lowest BCUT2D eigenvalue weighted by Crippen LogP contribution is -2.56. The highest BCUT2D eigenvalue weighted by molar-refractivity contribution is 4.66. The highest BCUT2D eigenvalue weighted by Crippen LogP contribution is 2.13. The molecule has 0 aromatic heterocycles. The van der Waals surface area contributed by atoms with Crippen LogP contribution in [0.25, 0.3) is 0 Å². The van der Waals surface area contributed by atoms with Crippen LogP contribution in [-0.2, 0) is 0 Å². The van der Waals surface area contributed by atoms with Crippen molar-refractivity contribution in [2.75, 3.05) is 13.1 Å². The summed E-state index contributed by atoms with van der Waals surface area (Å²) >= 11 is 0. The van der Waals surface area contributed by atoms with E-state index in [4.69, 9.17) is 0 Å². The first-order valence-corrected chi connectivity index (χ1v) is 4.46. The molecule has 0 fully saturated rings. The Bertz CT molecular complexity index is 360. The lowest BCUT2D eigenvalue weighted by molar-refractivity contribution is -0.829. The Morgan fingerprint density at radius 1 is 0.895 bits per heavy atom. The topological polar surface area (TPSA) is 185 Å². The van der Waals surface area contributed by atoms with E-state index in [0.29, 0.717) is 6.92 Å². The predicted octanol–water partition coefficient (Wildman–Crippen LogP) is -0.978. The molecule has 0 aliphatic heterocycles. The second-order valence-electron chi connectivity index (χ2n) is 3.57. The summed E-state index contributed by atoms with van der Waals surface area (Å²) in [6, 6.07) is 0. The van der Waals surface area contributed by atoms with Crippen LogP contribution in [0.3, 0.4) is 0 Å². The van der Waals surface area contributed by atoms with Crippen LogP contribution in [0.2, 0.25) is 0 Å². The fourth-order valence-electron chi connectivity index (χ4n) is 0.850. The molecule has 0 saturated heterocycles. The van der Waals surface area contributed by atoms with Gasteiger partial charge in [0.1, 0.15) is 16.4 Å². The van der Waals surface area contributed by atoms with Crippen molar-refractivity contribution in [3.63, 3.8) is 0 Å². The second kappa shape index (κ2) is 5.42. The van der Waals surface area contributed by atoms with Gasteiger partial charge in [0.05, 0.1) is 16.8 Å². The van der Waals surface area contributed by atoms with E-state index in [1.807, 2.05) is 0 Å². The lowest BCUT2D eigenvalue weighted by atomic mass is 10.2. The smallest absolute Gasteiger partial charge is 0.288 e. The number of rotatable bonds is 8. The molecule has 13 nitrogen and oxygen atoms in total. The molecule has 0 amide bonds. The van der Waals surface area contributed by atoms with Gasteiger partial charge >= 0.3 is 11.6 Å².